The quantitative estimate of drug-likeness (QED) is 0.681. The van der Waals surface area contributed by atoms with E-state index in [1.54, 1.807) is 4.90 Å². The third kappa shape index (κ3) is 2.68. The first-order valence-electron chi connectivity index (χ1n) is 6.29. The molecule has 2 unspecified atom stereocenters. The number of fused-ring (bicyclic) bond motifs is 1. The number of likely N-dealkylation sites (N-methyl/N-ethyl adjacent to an activating group) is 1. The molecule has 2 atom stereocenters. The second-order valence-electron chi connectivity index (χ2n) is 5.45. The van der Waals surface area contributed by atoms with Crippen LogP contribution in [0.4, 0.5) is 0 Å². The number of carbonyl (C=O) groups excluding carboxylic acids is 1. The van der Waals surface area contributed by atoms with Crippen LogP contribution in [0.25, 0.3) is 0 Å². The van der Waals surface area contributed by atoms with E-state index in [-0.39, 0.29) is 5.91 Å². The minimum absolute atomic E-state index is 0.149. The maximum absolute atomic E-state index is 12.2. The number of carbonyl (C=O) groups is 1. The summed E-state index contributed by atoms with van der Waals surface area (Å²) in [5, 5.41) is 0. The SMILES string of the molecule is C=C(C)CCN(C)C(=O)C1=CC2CC2C(C)=C1. The normalized spacial score (nSPS) is 25.6. The first-order chi connectivity index (χ1) is 7.99. The lowest BCUT2D eigenvalue weighted by Crippen LogP contribution is -2.29. The molecule has 2 rings (SSSR count). The van der Waals surface area contributed by atoms with Crippen LogP contribution in [0.15, 0.2) is 35.5 Å². The summed E-state index contributed by atoms with van der Waals surface area (Å²) in [4.78, 5) is 14.0. The van der Waals surface area contributed by atoms with Gasteiger partial charge in [0.15, 0.2) is 0 Å². The summed E-state index contributed by atoms with van der Waals surface area (Å²) in [6.45, 7) is 8.76. The molecule has 1 saturated carbocycles. The number of nitrogens with zero attached hydrogens (tertiary/aromatic N) is 1. The number of allylic oxidation sites excluding steroid dienone is 2. The summed E-state index contributed by atoms with van der Waals surface area (Å²) < 4.78 is 0. The van der Waals surface area contributed by atoms with E-state index >= 15 is 0 Å². The Labute approximate surface area is 104 Å². The fraction of sp³-hybridized carbons (Fsp3) is 0.533. The molecule has 2 aliphatic carbocycles. The molecule has 1 amide bonds. The van der Waals surface area contributed by atoms with Gasteiger partial charge in [-0.15, -0.1) is 6.58 Å². The van der Waals surface area contributed by atoms with Gasteiger partial charge in [-0.05, 0) is 38.5 Å². The van der Waals surface area contributed by atoms with Gasteiger partial charge in [0.1, 0.15) is 0 Å². The van der Waals surface area contributed by atoms with Gasteiger partial charge in [-0.25, -0.2) is 0 Å². The zero-order valence-electron chi connectivity index (χ0n) is 11.0. The second kappa shape index (κ2) is 4.52. The maximum atomic E-state index is 12.2. The Hall–Kier alpha value is -1.31. The molecule has 0 N–H and O–H groups in total. The van der Waals surface area contributed by atoms with Gasteiger partial charge in [-0.3, -0.25) is 4.79 Å². The summed E-state index contributed by atoms with van der Waals surface area (Å²) in [6, 6.07) is 0. The van der Waals surface area contributed by atoms with Gasteiger partial charge >= 0.3 is 0 Å². The Kier molecular flexibility index (Phi) is 3.23. The monoisotopic (exact) mass is 231 g/mol. The van der Waals surface area contributed by atoms with Gasteiger partial charge in [-0.1, -0.05) is 23.3 Å². The molecule has 0 aliphatic heterocycles. The first-order valence-corrected chi connectivity index (χ1v) is 6.29. The molecule has 0 aromatic carbocycles. The Morgan fingerprint density at radius 3 is 2.88 bits per heavy atom. The lowest BCUT2D eigenvalue weighted by Gasteiger charge is -2.19. The predicted molar refractivity (Wildman–Crippen MR) is 70.5 cm³/mol. The van der Waals surface area contributed by atoms with Crippen molar-refractivity contribution in [1.29, 1.82) is 0 Å². The maximum Gasteiger partial charge on any atom is 0.253 e. The molecule has 0 saturated heterocycles. The van der Waals surface area contributed by atoms with E-state index in [0.29, 0.717) is 5.92 Å². The Morgan fingerprint density at radius 1 is 1.59 bits per heavy atom. The molecular formula is C15H21NO. The highest BCUT2D eigenvalue weighted by Crippen LogP contribution is 2.48. The van der Waals surface area contributed by atoms with Crippen LogP contribution >= 0.6 is 0 Å². The van der Waals surface area contributed by atoms with E-state index in [1.807, 2.05) is 14.0 Å². The van der Waals surface area contributed by atoms with Crippen molar-refractivity contribution in [2.75, 3.05) is 13.6 Å². The number of amides is 1. The molecular weight excluding hydrogens is 210 g/mol. The highest BCUT2D eigenvalue weighted by atomic mass is 16.2. The molecule has 2 nitrogen and oxygen atoms in total. The smallest absolute Gasteiger partial charge is 0.253 e. The molecule has 0 radical (unpaired) electrons. The van der Waals surface area contributed by atoms with Crippen molar-refractivity contribution in [3.05, 3.63) is 35.5 Å². The van der Waals surface area contributed by atoms with Crippen molar-refractivity contribution in [3.63, 3.8) is 0 Å². The zero-order chi connectivity index (χ0) is 12.6. The van der Waals surface area contributed by atoms with Gasteiger partial charge in [0.05, 0.1) is 0 Å². The molecule has 2 aliphatic rings. The van der Waals surface area contributed by atoms with Crippen molar-refractivity contribution in [2.24, 2.45) is 11.8 Å². The number of hydrogen-bond acceptors (Lipinski definition) is 1. The van der Waals surface area contributed by atoms with Crippen LogP contribution in [0.2, 0.25) is 0 Å². The van der Waals surface area contributed by atoms with Crippen molar-refractivity contribution >= 4 is 5.91 Å². The van der Waals surface area contributed by atoms with E-state index in [2.05, 4.69) is 25.7 Å². The summed E-state index contributed by atoms with van der Waals surface area (Å²) in [5.74, 6) is 1.51. The molecule has 2 heteroatoms. The topological polar surface area (TPSA) is 20.3 Å². The summed E-state index contributed by atoms with van der Waals surface area (Å²) in [7, 11) is 1.87. The average Bonchev–Trinajstić information content (AvgIpc) is 3.04. The lowest BCUT2D eigenvalue weighted by molar-refractivity contribution is -0.125. The predicted octanol–water partition coefficient (Wildman–Crippen LogP) is 2.93. The largest absolute Gasteiger partial charge is 0.341 e. The molecule has 92 valence electrons. The fourth-order valence-corrected chi connectivity index (χ4v) is 2.37. The van der Waals surface area contributed by atoms with Crippen LogP contribution in [0, 0.1) is 11.8 Å². The average molecular weight is 231 g/mol. The van der Waals surface area contributed by atoms with Gasteiger partial charge < -0.3 is 4.90 Å². The Balaban J connectivity index is 1.98. The Bertz CT molecular complexity index is 417. The van der Waals surface area contributed by atoms with Crippen molar-refractivity contribution in [2.45, 2.75) is 26.7 Å². The van der Waals surface area contributed by atoms with Crippen molar-refractivity contribution < 1.29 is 4.79 Å². The van der Waals surface area contributed by atoms with E-state index in [0.717, 1.165) is 30.0 Å². The van der Waals surface area contributed by atoms with E-state index in [1.165, 1.54) is 12.0 Å². The standard InChI is InChI=1S/C15H21NO/c1-10(2)5-6-16(4)15(17)13-7-11(3)14-9-12(14)8-13/h7-8,12,14H,1,5-6,9H2,2-4H3. The van der Waals surface area contributed by atoms with Crippen LogP contribution in [-0.2, 0) is 4.79 Å². The molecule has 0 aromatic rings. The molecule has 1 fully saturated rings. The molecule has 0 heterocycles. The van der Waals surface area contributed by atoms with Crippen LogP contribution in [0.5, 0.6) is 0 Å². The van der Waals surface area contributed by atoms with Gasteiger partial charge in [0.2, 0.25) is 0 Å². The molecule has 17 heavy (non-hydrogen) atoms. The first kappa shape index (κ1) is 12.2. The van der Waals surface area contributed by atoms with Crippen LogP contribution in [0.3, 0.4) is 0 Å². The second-order valence-corrected chi connectivity index (χ2v) is 5.45. The highest BCUT2D eigenvalue weighted by Gasteiger charge is 2.39. The van der Waals surface area contributed by atoms with E-state index in [4.69, 9.17) is 0 Å². The van der Waals surface area contributed by atoms with Crippen molar-refractivity contribution in [1.82, 2.24) is 4.90 Å². The van der Waals surface area contributed by atoms with E-state index in [9.17, 15) is 4.79 Å². The summed E-state index contributed by atoms with van der Waals surface area (Å²) in [6.07, 6.45) is 6.32. The number of rotatable bonds is 4. The molecule has 0 bridgehead atoms. The van der Waals surface area contributed by atoms with E-state index < -0.39 is 0 Å². The third-order valence-electron chi connectivity index (χ3n) is 3.67. The summed E-state index contributed by atoms with van der Waals surface area (Å²) in [5.41, 5.74) is 3.37. The van der Waals surface area contributed by atoms with Crippen LogP contribution in [0.1, 0.15) is 26.7 Å². The highest BCUT2D eigenvalue weighted by molar-refractivity contribution is 5.96. The summed E-state index contributed by atoms with van der Waals surface area (Å²) >= 11 is 0. The lowest BCUT2D eigenvalue weighted by atomic mass is 10.00. The van der Waals surface area contributed by atoms with Crippen molar-refractivity contribution in [3.8, 4) is 0 Å². The van der Waals surface area contributed by atoms with Gasteiger partial charge in [-0.2, -0.15) is 0 Å². The molecule has 0 aromatic heterocycles. The zero-order valence-corrected chi connectivity index (χ0v) is 11.0. The number of hydrogen-bond donors (Lipinski definition) is 0. The third-order valence-corrected chi connectivity index (χ3v) is 3.67. The van der Waals surface area contributed by atoms with Gasteiger partial charge in [0.25, 0.3) is 5.91 Å². The minimum Gasteiger partial charge on any atom is -0.341 e. The fourth-order valence-electron chi connectivity index (χ4n) is 2.37. The van der Waals surface area contributed by atoms with Crippen LogP contribution < -0.4 is 0 Å². The minimum atomic E-state index is 0.149. The molecule has 0 spiro atoms. The Morgan fingerprint density at radius 2 is 2.29 bits per heavy atom. The van der Waals surface area contributed by atoms with Gasteiger partial charge in [0, 0.05) is 19.2 Å². The van der Waals surface area contributed by atoms with Crippen LogP contribution in [-0.4, -0.2) is 24.4 Å².